The third kappa shape index (κ3) is 2.85. The Balaban J connectivity index is 2.73. The Bertz CT molecular complexity index is 301. The van der Waals surface area contributed by atoms with Crippen LogP contribution in [-0.2, 0) is 0 Å². The summed E-state index contributed by atoms with van der Waals surface area (Å²) in [4.78, 5) is 11.1. The lowest BCUT2D eigenvalue weighted by atomic mass is 10.1. The topological polar surface area (TPSA) is 46.5 Å². The SMILES string of the molecule is CC(C)Oc1ccc(C(=O)CO)cc1. The molecule has 0 spiro atoms. The first-order valence-electron chi connectivity index (χ1n) is 4.54. The van der Waals surface area contributed by atoms with E-state index in [1.807, 2.05) is 13.8 Å². The van der Waals surface area contributed by atoms with Crippen LogP contribution in [0.15, 0.2) is 24.3 Å². The molecule has 0 heterocycles. The molecule has 1 rings (SSSR count). The van der Waals surface area contributed by atoms with E-state index in [9.17, 15) is 4.79 Å². The van der Waals surface area contributed by atoms with Gasteiger partial charge in [-0.15, -0.1) is 0 Å². The lowest BCUT2D eigenvalue weighted by Gasteiger charge is -2.09. The van der Waals surface area contributed by atoms with Gasteiger partial charge in [0, 0.05) is 5.56 Å². The predicted octanol–water partition coefficient (Wildman–Crippen LogP) is 1.65. The standard InChI is InChI=1S/C11H14O3/c1-8(2)14-10-5-3-9(4-6-10)11(13)7-12/h3-6,8,12H,7H2,1-2H3. The van der Waals surface area contributed by atoms with Crippen molar-refractivity contribution in [1.29, 1.82) is 0 Å². The van der Waals surface area contributed by atoms with E-state index in [2.05, 4.69) is 0 Å². The van der Waals surface area contributed by atoms with E-state index in [1.165, 1.54) is 0 Å². The Morgan fingerprint density at radius 2 is 1.93 bits per heavy atom. The van der Waals surface area contributed by atoms with Crippen LogP contribution in [0.3, 0.4) is 0 Å². The van der Waals surface area contributed by atoms with Crippen LogP contribution in [0, 0.1) is 0 Å². The summed E-state index contributed by atoms with van der Waals surface area (Å²) in [6, 6.07) is 6.75. The minimum atomic E-state index is -0.454. The number of hydrogen-bond donors (Lipinski definition) is 1. The molecule has 3 heteroatoms. The van der Waals surface area contributed by atoms with Gasteiger partial charge in [0.1, 0.15) is 12.4 Å². The van der Waals surface area contributed by atoms with Gasteiger partial charge in [-0.25, -0.2) is 0 Å². The molecule has 14 heavy (non-hydrogen) atoms. The summed E-state index contributed by atoms with van der Waals surface area (Å²) in [5, 5.41) is 8.62. The van der Waals surface area contributed by atoms with Gasteiger partial charge in [-0.2, -0.15) is 0 Å². The van der Waals surface area contributed by atoms with Crippen molar-refractivity contribution in [2.24, 2.45) is 0 Å². The lowest BCUT2D eigenvalue weighted by Crippen LogP contribution is -2.07. The average molecular weight is 194 g/mol. The zero-order chi connectivity index (χ0) is 10.6. The maximum absolute atomic E-state index is 11.1. The van der Waals surface area contributed by atoms with E-state index in [4.69, 9.17) is 9.84 Å². The quantitative estimate of drug-likeness (QED) is 0.741. The smallest absolute Gasteiger partial charge is 0.188 e. The molecule has 0 aliphatic rings. The van der Waals surface area contributed by atoms with Crippen LogP contribution in [-0.4, -0.2) is 23.6 Å². The number of aliphatic hydroxyl groups is 1. The van der Waals surface area contributed by atoms with E-state index < -0.39 is 6.61 Å². The van der Waals surface area contributed by atoms with Gasteiger partial charge in [0.05, 0.1) is 6.10 Å². The van der Waals surface area contributed by atoms with Gasteiger partial charge in [0.15, 0.2) is 5.78 Å². The van der Waals surface area contributed by atoms with Crippen LogP contribution in [0.2, 0.25) is 0 Å². The molecule has 0 saturated heterocycles. The highest BCUT2D eigenvalue weighted by molar-refractivity contribution is 5.96. The van der Waals surface area contributed by atoms with Gasteiger partial charge < -0.3 is 9.84 Å². The second kappa shape index (κ2) is 4.77. The summed E-state index contributed by atoms with van der Waals surface area (Å²) >= 11 is 0. The molecule has 0 fully saturated rings. The number of aliphatic hydroxyl groups excluding tert-OH is 1. The lowest BCUT2D eigenvalue weighted by molar-refractivity contribution is 0.0903. The molecule has 0 aromatic heterocycles. The third-order valence-electron chi connectivity index (χ3n) is 1.69. The fraction of sp³-hybridized carbons (Fsp3) is 0.364. The third-order valence-corrected chi connectivity index (χ3v) is 1.69. The van der Waals surface area contributed by atoms with Gasteiger partial charge in [-0.3, -0.25) is 4.79 Å². The molecule has 0 radical (unpaired) electrons. The molecule has 1 N–H and O–H groups in total. The Labute approximate surface area is 83.3 Å². The summed E-state index contributed by atoms with van der Waals surface area (Å²) in [5.74, 6) is 0.454. The van der Waals surface area contributed by atoms with Crippen LogP contribution >= 0.6 is 0 Å². The second-order valence-corrected chi connectivity index (χ2v) is 3.27. The summed E-state index contributed by atoms with van der Waals surface area (Å²) in [5.41, 5.74) is 0.503. The van der Waals surface area contributed by atoms with Crippen molar-refractivity contribution in [3.8, 4) is 5.75 Å². The Morgan fingerprint density at radius 1 is 1.36 bits per heavy atom. The van der Waals surface area contributed by atoms with E-state index >= 15 is 0 Å². The Hall–Kier alpha value is -1.35. The molecule has 3 nitrogen and oxygen atoms in total. The molecule has 0 bridgehead atoms. The highest BCUT2D eigenvalue weighted by Crippen LogP contribution is 2.13. The monoisotopic (exact) mass is 194 g/mol. The van der Waals surface area contributed by atoms with Crippen LogP contribution in [0.25, 0.3) is 0 Å². The maximum Gasteiger partial charge on any atom is 0.188 e. The molecule has 0 aliphatic carbocycles. The van der Waals surface area contributed by atoms with Crippen LogP contribution in [0.5, 0.6) is 5.75 Å². The van der Waals surface area contributed by atoms with Crippen molar-refractivity contribution in [2.45, 2.75) is 20.0 Å². The number of rotatable bonds is 4. The van der Waals surface area contributed by atoms with Crippen LogP contribution in [0.4, 0.5) is 0 Å². The number of ether oxygens (including phenoxy) is 1. The first kappa shape index (κ1) is 10.7. The fourth-order valence-corrected chi connectivity index (χ4v) is 1.08. The Kier molecular flexibility index (Phi) is 3.65. The van der Waals surface area contributed by atoms with E-state index in [0.29, 0.717) is 5.56 Å². The first-order chi connectivity index (χ1) is 6.63. The zero-order valence-electron chi connectivity index (χ0n) is 8.36. The number of Topliss-reactive ketones (excluding diaryl/α,β-unsaturated/α-hetero) is 1. The normalized spacial score (nSPS) is 10.3. The molecular formula is C11H14O3. The van der Waals surface area contributed by atoms with Crippen molar-refractivity contribution in [2.75, 3.05) is 6.61 Å². The van der Waals surface area contributed by atoms with Crippen molar-refractivity contribution < 1.29 is 14.6 Å². The molecule has 0 unspecified atom stereocenters. The minimum Gasteiger partial charge on any atom is -0.491 e. The van der Waals surface area contributed by atoms with E-state index in [1.54, 1.807) is 24.3 Å². The summed E-state index contributed by atoms with van der Waals surface area (Å²) in [6.45, 7) is 3.42. The number of carbonyl (C=O) groups is 1. The van der Waals surface area contributed by atoms with Crippen molar-refractivity contribution >= 4 is 5.78 Å². The minimum absolute atomic E-state index is 0.120. The summed E-state index contributed by atoms with van der Waals surface area (Å²) in [7, 11) is 0. The van der Waals surface area contributed by atoms with Crippen molar-refractivity contribution in [1.82, 2.24) is 0 Å². The van der Waals surface area contributed by atoms with Gasteiger partial charge in [-0.05, 0) is 38.1 Å². The highest BCUT2D eigenvalue weighted by atomic mass is 16.5. The number of benzene rings is 1. The molecule has 1 aromatic rings. The zero-order valence-corrected chi connectivity index (χ0v) is 8.36. The van der Waals surface area contributed by atoms with E-state index in [0.717, 1.165) is 5.75 Å². The molecule has 0 atom stereocenters. The fourth-order valence-electron chi connectivity index (χ4n) is 1.08. The number of hydrogen-bond acceptors (Lipinski definition) is 3. The molecule has 0 amide bonds. The highest BCUT2D eigenvalue weighted by Gasteiger charge is 2.04. The van der Waals surface area contributed by atoms with Gasteiger partial charge in [-0.1, -0.05) is 0 Å². The first-order valence-corrected chi connectivity index (χ1v) is 4.54. The number of ketones is 1. The van der Waals surface area contributed by atoms with Crippen molar-refractivity contribution in [3.63, 3.8) is 0 Å². The molecule has 0 saturated carbocycles. The van der Waals surface area contributed by atoms with Gasteiger partial charge in [0.25, 0.3) is 0 Å². The second-order valence-electron chi connectivity index (χ2n) is 3.27. The van der Waals surface area contributed by atoms with Gasteiger partial charge in [0.2, 0.25) is 0 Å². The predicted molar refractivity (Wildman–Crippen MR) is 53.6 cm³/mol. The molecular weight excluding hydrogens is 180 g/mol. The Morgan fingerprint density at radius 3 is 2.36 bits per heavy atom. The van der Waals surface area contributed by atoms with Crippen molar-refractivity contribution in [3.05, 3.63) is 29.8 Å². The molecule has 76 valence electrons. The maximum atomic E-state index is 11.1. The average Bonchev–Trinajstić information content (AvgIpc) is 2.17. The van der Waals surface area contributed by atoms with Crippen LogP contribution in [0.1, 0.15) is 24.2 Å². The molecule has 0 aliphatic heterocycles. The van der Waals surface area contributed by atoms with E-state index in [-0.39, 0.29) is 11.9 Å². The van der Waals surface area contributed by atoms with Gasteiger partial charge >= 0.3 is 0 Å². The number of carbonyl (C=O) groups excluding carboxylic acids is 1. The van der Waals surface area contributed by atoms with Crippen LogP contribution < -0.4 is 4.74 Å². The largest absolute Gasteiger partial charge is 0.491 e. The molecule has 1 aromatic carbocycles. The summed E-state index contributed by atoms with van der Waals surface area (Å²) < 4.78 is 5.41. The summed E-state index contributed by atoms with van der Waals surface area (Å²) in [6.07, 6.45) is 0.120.